The summed E-state index contributed by atoms with van der Waals surface area (Å²) in [5.74, 6) is 0.401. The Kier molecular flexibility index (Phi) is 5.26. The summed E-state index contributed by atoms with van der Waals surface area (Å²) in [6.45, 7) is 0. The van der Waals surface area contributed by atoms with Crippen LogP contribution < -0.4 is 11.1 Å². The summed E-state index contributed by atoms with van der Waals surface area (Å²) in [6.07, 6.45) is 5.74. The lowest BCUT2D eigenvalue weighted by Gasteiger charge is -2.06. The lowest BCUT2D eigenvalue weighted by atomic mass is 10.1. The topological polar surface area (TPSA) is 121 Å². The van der Waals surface area contributed by atoms with Gasteiger partial charge in [-0.2, -0.15) is 14.9 Å². The molecule has 0 aliphatic heterocycles. The number of aromatic nitrogens is 3. The molecule has 8 nitrogen and oxygen atoms in total. The quantitative estimate of drug-likeness (QED) is 0.543. The number of carbonyl (C=O) groups excluding carboxylic acids is 1. The van der Waals surface area contributed by atoms with Gasteiger partial charge in [-0.25, -0.2) is 9.38 Å². The molecule has 0 fully saturated rings. The van der Waals surface area contributed by atoms with Gasteiger partial charge in [0.1, 0.15) is 0 Å². The number of nitrogens with two attached hydrogens (primary N) is 1. The van der Waals surface area contributed by atoms with Crippen molar-refractivity contribution in [1.29, 1.82) is 5.26 Å². The van der Waals surface area contributed by atoms with E-state index in [4.69, 9.17) is 5.73 Å². The van der Waals surface area contributed by atoms with Crippen molar-refractivity contribution in [3.05, 3.63) is 60.4 Å². The largest absolute Gasteiger partial charge is 0.405 e. The van der Waals surface area contributed by atoms with Crippen molar-refractivity contribution in [1.82, 2.24) is 14.6 Å². The van der Waals surface area contributed by atoms with Crippen LogP contribution in [0.1, 0.15) is 5.56 Å². The van der Waals surface area contributed by atoms with E-state index in [1.807, 2.05) is 12.1 Å². The Balaban J connectivity index is 1.89. The monoisotopic (exact) mass is 363 g/mol. The number of fused-ring (bicyclic) bond motifs is 1. The number of imidazole rings is 1. The standard InChI is InChI=1S/C17H13N7OS/c18-8-3-9-21-26-17(25)22-16-11-20-15-7-6-14(23-24(15)16)13-5-2-1-4-12(13)10-19/h1-9,11H,18H2,(H,22,25)/b8-3-,21-9?. The fourth-order valence-corrected chi connectivity index (χ4v) is 2.57. The molecule has 1 amide bonds. The first kappa shape index (κ1) is 17.2. The van der Waals surface area contributed by atoms with Crippen LogP contribution in [0.4, 0.5) is 10.6 Å². The minimum Gasteiger partial charge on any atom is -0.405 e. The predicted octanol–water partition coefficient (Wildman–Crippen LogP) is 2.99. The van der Waals surface area contributed by atoms with Gasteiger partial charge in [0, 0.05) is 11.8 Å². The van der Waals surface area contributed by atoms with E-state index in [9.17, 15) is 10.1 Å². The molecule has 26 heavy (non-hydrogen) atoms. The van der Waals surface area contributed by atoms with Crippen molar-refractivity contribution in [3.63, 3.8) is 0 Å². The van der Waals surface area contributed by atoms with Gasteiger partial charge in [0.15, 0.2) is 11.5 Å². The molecule has 0 bridgehead atoms. The summed E-state index contributed by atoms with van der Waals surface area (Å²) < 4.78 is 5.34. The van der Waals surface area contributed by atoms with Gasteiger partial charge in [-0.3, -0.25) is 10.1 Å². The molecule has 3 aromatic rings. The highest BCUT2D eigenvalue weighted by atomic mass is 32.2. The summed E-state index contributed by atoms with van der Waals surface area (Å²) in [6, 6.07) is 12.9. The molecule has 0 radical (unpaired) electrons. The van der Waals surface area contributed by atoms with Crippen molar-refractivity contribution in [2.24, 2.45) is 10.1 Å². The minimum atomic E-state index is -0.391. The zero-order valence-corrected chi connectivity index (χ0v) is 14.2. The third-order valence-electron chi connectivity index (χ3n) is 3.31. The van der Waals surface area contributed by atoms with Crippen LogP contribution in [0, 0.1) is 11.3 Å². The number of hydrogen-bond acceptors (Lipinski definition) is 7. The first-order valence-electron chi connectivity index (χ1n) is 7.45. The number of allylic oxidation sites excluding steroid dienone is 1. The molecule has 2 heterocycles. The van der Waals surface area contributed by atoms with Crippen molar-refractivity contribution >= 4 is 34.9 Å². The highest BCUT2D eigenvalue weighted by molar-refractivity contribution is 8.12. The van der Waals surface area contributed by atoms with E-state index in [2.05, 4.69) is 25.9 Å². The van der Waals surface area contributed by atoms with Crippen LogP contribution in [0.3, 0.4) is 0 Å². The highest BCUT2D eigenvalue weighted by Gasteiger charge is 2.11. The number of hydrogen-bond donors (Lipinski definition) is 2. The van der Waals surface area contributed by atoms with Crippen LogP contribution in [0.5, 0.6) is 0 Å². The molecule has 0 saturated carbocycles. The zero-order chi connectivity index (χ0) is 18.4. The number of carbonyl (C=O) groups is 1. The molecule has 0 aliphatic rings. The lowest BCUT2D eigenvalue weighted by Crippen LogP contribution is -2.08. The maximum Gasteiger partial charge on any atom is 0.307 e. The van der Waals surface area contributed by atoms with Gasteiger partial charge in [0.05, 0.1) is 35.5 Å². The molecule has 9 heteroatoms. The lowest BCUT2D eigenvalue weighted by molar-refractivity contribution is 0.269. The SMILES string of the molecule is N#Cc1ccccc1-c1ccc2ncc(NC(=O)SN=C/C=C\N)n2n1. The number of amides is 1. The van der Waals surface area contributed by atoms with Gasteiger partial charge in [0.25, 0.3) is 0 Å². The summed E-state index contributed by atoms with van der Waals surface area (Å²) in [5.41, 5.74) is 7.57. The normalized spacial score (nSPS) is 11.2. The molecule has 0 aliphatic carbocycles. The van der Waals surface area contributed by atoms with Crippen LogP contribution in [0.25, 0.3) is 16.9 Å². The zero-order valence-electron chi connectivity index (χ0n) is 13.4. The van der Waals surface area contributed by atoms with Gasteiger partial charge in [0.2, 0.25) is 0 Å². The summed E-state index contributed by atoms with van der Waals surface area (Å²) in [7, 11) is 0. The van der Waals surface area contributed by atoms with Crippen LogP contribution in [0.15, 0.2) is 59.3 Å². The Morgan fingerprint density at radius 1 is 1.35 bits per heavy atom. The van der Waals surface area contributed by atoms with Crippen LogP contribution in [-0.2, 0) is 0 Å². The molecular formula is C17H13N7OS. The van der Waals surface area contributed by atoms with E-state index in [0.29, 0.717) is 28.3 Å². The van der Waals surface area contributed by atoms with E-state index in [-0.39, 0.29) is 0 Å². The first-order valence-corrected chi connectivity index (χ1v) is 8.23. The van der Waals surface area contributed by atoms with Gasteiger partial charge < -0.3 is 5.73 Å². The van der Waals surface area contributed by atoms with Gasteiger partial charge in [-0.05, 0) is 30.5 Å². The second-order valence-electron chi connectivity index (χ2n) is 4.93. The maximum atomic E-state index is 11.9. The molecule has 0 spiro atoms. The molecule has 0 saturated heterocycles. The molecule has 3 rings (SSSR count). The van der Waals surface area contributed by atoms with E-state index in [0.717, 1.165) is 11.9 Å². The smallest absolute Gasteiger partial charge is 0.307 e. The Bertz CT molecular complexity index is 1050. The van der Waals surface area contributed by atoms with E-state index < -0.39 is 5.24 Å². The van der Waals surface area contributed by atoms with Gasteiger partial charge >= 0.3 is 5.24 Å². The van der Waals surface area contributed by atoms with Crippen LogP contribution >= 0.6 is 11.9 Å². The number of benzene rings is 1. The average Bonchev–Trinajstić information content (AvgIpc) is 3.07. The summed E-state index contributed by atoms with van der Waals surface area (Å²) in [5, 5.41) is 16.0. The third kappa shape index (κ3) is 3.71. The number of nitriles is 1. The van der Waals surface area contributed by atoms with Crippen molar-refractivity contribution in [2.45, 2.75) is 0 Å². The molecule has 2 aromatic heterocycles. The maximum absolute atomic E-state index is 11.9. The average molecular weight is 363 g/mol. The number of nitrogens with one attached hydrogen (secondary N) is 1. The van der Waals surface area contributed by atoms with Crippen molar-refractivity contribution in [2.75, 3.05) is 5.32 Å². The Morgan fingerprint density at radius 3 is 3.00 bits per heavy atom. The first-order chi connectivity index (χ1) is 12.7. The minimum absolute atomic E-state index is 0.391. The molecule has 3 N–H and O–H groups in total. The number of nitrogens with zero attached hydrogens (tertiary/aromatic N) is 5. The highest BCUT2D eigenvalue weighted by Crippen LogP contribution is 2.23. The van der Waals surface area contributed by atoms with E-state index in [1.165, 1.54) is 29.2 Å². The van der Waals surface area contributed by atoms with Crippen molar-refractivity contribution < 1.29 is 4.79 Å². The molecule has 0 unspecified atom stereocenters. The fraction of sp³-hybridized carbons (Fsp3) is 0. The Labute approximate surface area is 153 Å². The van der Waals surface area contributed by atoms with Gasteiger partial charge in [-0.1, -0.05) is 18.2 Å². The van der Waals surface area contributed by atoms with E-state index >= 15 is 0 Å². The fourth-order valence-electron chi connectivity index (χ4n) is 2.20. The molecule has 1 aromatic carbocycles. The van der Waals surface area contributed by atoms with E-state index in [1.54, 1.807) is 24.3 Å². The molecule has 128 valence electrons. The van der Waals surface area contributed by atoms with Crippen LogP contribution in [0.2, 0.25) is 0 Å². The Hall–Kier alpha value is -3.64. The Morgan fingerprint density at radius 2 is 2.19 bits per heavy atom. The molecule has 0 atom stereocenters. The second kappa shape index (κ2) is 7.96. The number of anilines is 1. The predicted molar refractivity (Wildman–Crippen MR) is 102 cm³/mol. The summed E-state index contributed by atoms with van der Waals surface area (Å²) >= 11 is 0.730. The van der Waals surface area contributed by atoms with Crippen molar-refractivity contribution in [3.8, 4) is 17.3 Å². The number of rotatable bonds is 4. The van der Waals surface area contributed by atoms with Gasteiger partial charge in [-0.15, -0.1) is 0 Å². The second-order valence-corrected chi connectivity index (χ2v) is 5.70. The van der Waals surface area contributed by atoms with Crippen LogP contribution in [-0.4, -0.2) is 26.1 Å². The third-order valence-corrected chi connectivity index (χ3v) is 3.80. The molecular weight excluding hydrogens is 350 g/mol. The summed E-state index contributed by atoms with van der Waals surface area (Å²) in [4.78, 5) is 16.1.